The zero-order chi connectivity index (χ0) is 17.4. The van der Waals surface area contributed by atoms with Crippen molar-refractivity contribution in [3.05, 3.63) is 40.1 Å². The van der Waals surface area contributed by atoms with Crippen molar-refractivity contribution in [2.24, 2.45) is 0 Å². The first-order valence-corrected chi connectivity index (χ1v) is 7.65. The number of nitrogens with zero attached hydrogens (tertiary/aromatic N) is 4. The molecule has 2 rings (SSSR count). The standard InChI is InChI=1S/C15H17BrN4O3/c1-9-12(13(21)19(4)15(2,3)14(22)23)17-18-20(9)11-7-5-6-10(16)8-11/h5-8H,1-4H3,(H,22,23). The predicted octanol–water partition coefficient (Wildman–Crippen LogP) is 2.27. The topological polar surface area (TPSA) is 88.3 Å². The van der Waals surface area contributed by atoms with Crippen molar-refractivity contribution >= 4 is 27.8 Å². The minimum absolute atomic E-state index is 0.127. The Labute approximate surface area is 142 Å². The van der Waals surface area contributed by atoms with Gasteiger partial charge in [0, 0.05) is 11.5 Å². The summed E-state index contributed by atoms with van der Waals surface area (Å²) in [5.74, 6) is -1.58. The Morgan fingerprint density at radius 3 is 2.57 bits per heavy atom. The smallest absolute Gasteiger partial charge is 0.329 e. The summed E-state index contributed by atoms with van der Waals surface area (Å²) in [6, 6.07) is 7.42. The zero-order valence-corrected chi connectivity index (χ0v) is 14.8. The first-order valence-electron chi connectivity index (χ1n) is 6.86. The minimum Gasteiger partial charge on any atom is -0.480 e. The Kier molecular flexibility index (Phi) is 4.56. The lowest BCUT2D eigenvalue weighted by Gasteiger charge is -2.30. The number of carboxylic acids is 1. The highest BCUT2D eigenvalue weighted by Crippen LogP contribution is 2.20. The minimum atomic E-state index is -1.34. The number of hydrogen-bond donors (Lipinski definition) is 1. The number of benzene rings is 1. The number of aliphatic carboxylic acids is 1. The van der Waals surface area contributed by atoms with Gasteiger partial charge in [-0.1, -0.05) is 27.2 Å². The van der Waals surface area contributed by atoms with E-state index < -0.39 is 17.4 Å². The molecule has 0 spiro atoms. The van der Waals surface area contributed by atoms with E-state index in [1.165, 1.54) is 20.9 Å². The van der Waals surface area contributed by atoms with E-state index >= 15 is 0 Å². The van der Waals surface area contributed by atoms with Gasteiger partial charge in [-0.05, 0) is 39.0 Å². The van der Waals surface area contributed by atoms with Crippen LogP contribution in [0.4, 0.5) is 0 Å². The largest absolute Gasteiger partial charge is 0.480 e. The lowest BCUT2D eigenvalue weighted by atomic mass is 10.0. The third kappa shape index (κ3) is 3.12. The van der Waals surface area contributed by atoms with E-state index in [2.05, 4.69) is 26.2 Å². The van der Waals surface area contributed by atoms with Gasteiger partial charge in [0.2, 0.25) is 0 Å². The van der Waals surface area contributed by atoms with Gasteiger partial charge in [0.15, 0.2) is 5.69 Å². The van der Waals surface area contributed by atoms with Crippen LogP contribution in [-0.4, -0.2) is 49.5 Å². The van der Waals surface area contributed by atoms with Crippen molar-refractivity contribution in [2.45, 2.75) is 26.3 Å². The Balaban J connectivity index is 2.40. The predicted molar refractivity (Wildman–Crippen MR) is 87.6 cm³/mol. The van der Waals surface area contributed by atoms with Crippen molar-refractivity contribution in [2.75, 3.05) is 7.05 Å². The number of halogens is 1. The summed E-state index contributed by atoms with van der Waals surface area (Å²) in [4.78, 5) is 25.0. The molecule has 8 heteroatoms. The molecule has 7 nitrogen and oxygen atoms in total. The molecule has 0 aliphatic rings. The maximum Gasteiger partial charge on any atom is 0.329 e. The molecule has 23 heavy (non-hydrogen) atoms. The molecule has 0 unspecified atom stereocenters. The van der Waals surface area contributed by atoms with Crippen molar-refractivity contribution < 1.29 is 14.7 Å². The normalized spacial score (nSPS) is 11.3. The number of hydrogen-bond acceptors (Lipinski definition) is 4. The summed E-state index contributed by atoms with van der Waals surface area (Å²) in [5.41, 5.74) is 0.0785. The van der Waals surface area contributed by atoms with Crippen LogP contribution in [0.3, 0.4) is 0 Å². The Bertz CT molecular complexity index is 770. The first-order chi connectivity index (χ1) is 10.7. The summed E-state index contributed by atoms with van der Waals surface area (Å²) in [7, 11) is 1.44. The maximum atomic E-state index is 12.6. The fourth-order valence-corrected chi connectivity index (χ4v) is 2.32. The van der Waals surface area contributed by atoms with Gasteiger partial charge in [0.05, 0.1) is 11.4 Å². The highest BCUT2D eigenvalue weighted by atomic mass is 79.9. The zero-order valence-electron chi connectivity index (χ0n) is 13.2. The van der Waals surface area contributed by atoms with Crippen LogP contribution in [-0.2, 0) is 4.79 Å². The first kappa shape index (κ1) is 17.1. The van der Waals surface area contributed by atoms with E-state index in [0.717, 1.165) is 15.1 Å². The Hall–Kier alpha value is -2.22. The maximum absolute atomic E-state index is 12.6. The van der Waals surface area contributed by atoms with Crippen LogP contribution >= 0.6 is 15.9 Å². The molecule has 1 N–H and O–H groups in total. The van der Waals surface area contributed by atoms with Crippen molar-refractivity contribution in [3.63, 3.8) is 0 Å². The van der Waals surface area contributed by atoms with E-state index in [9.17, 15) is 14.7 Å². The third-order valence-electron chi connectivity index (χ3n) is 3.82. The van der Waals surface area contributed by atoms with Crippen LogP contribution in [0, 0.1) is 6.92 Å². The molecule has 2 aromatic rings. The van der Waals surface area contributed by atoms with Gasteiger partial charge < -0.3 is 10.0 Å². The number of aromatic nitrogens is 3. The quantitative estimate of drug-likeness (QED) is 0.878. The number of carboxylic acid groups (broad SMARTS) is 1. The van der Waals surface area contributed by atoms with Crippen LogP contribution in [0.25, 0.3) is 5.69 Å². The molecule has 0 fully saturated rings. The van der Waals surface area contributed by atoms with Gasteiger partial charge in [0.25, 0.3) is 5.91 Å². The average molecular weight is 381 g/mol. The number of carbonyl (C=O) groups is 2. The van der Waals surface area contributed by atoms with Gasteiger partial charge in [-0.3, -0.25) is 4.79 Å². The monoisotopic (exact) mass is 380 g/mol. The molecular formula is C15H17BrN4O3. The Morgan fingerprint density at radius 1 is 1.35 bits per heavy atom. The molecule has 122 valence electrons. The van der Waals surface area contributed by atoms with E-state index in [-0.39, 0.29) is 5.69 Å². The second kappa shape index (κ2) is 6.11. The van der Waals surface area contributed by atoms with Gasteiger partial charge >= 0.3 is 5.97 Å². The number of carbonyl (C=O) groups excluding carboxylic acids is 1. The molecule has 1 aromatic carbocycles. The second-order valence-corrected chi connectivity index (χ2v) is 6.56. The summed E-state index contributed by atoms with van der Waals surface area (Å²) < 4.78 is 2.42. The van der Waals surface area contributed by atoms with Crippen molar-refractivity contribution in [1.29, 1.82) is 0 Å². The van der Waals surface area contributed by atoms with E-state index in [1.807, 2.05) is 24.3 Å². The molecule has 1 aromatic heterocycles. The van der Waals surface area contributed by atoms with Crippen molar-refractivity contribution in [1.82, 2.24) is 19.9 Å². The highest BCUT2D eigenvalue weighted by Gasteiger charge is 2.37. The molecule has 0 aliphatic heterocycles. The highest BCUT2D eigenvalue weighted by molar-refractivity contribution is 9.10. The second-order valence-electron chi connectivity index (χ2n) is 5.64. The number of rotatable bonds is 4. The van der Waals surface area contributed by atoms with Crippen LogP contribution < -0.4 is 0 Å². The van der Waals surface area contributed by atoms with Crippen LogP contribution in [0.15, 0.2) is 28.7 Å². The van der Waals surface area contributed by atoms with E-state index in [1.54, 1.807) is 11.6 Å². The number of likely N-dealkylation sites (N-methyl/N-ethyl adjacent to an activating group) is 1. The van der Waals surface area contributed by atoms with Gasteiger partial charge in [-0.2, -0.15) is 0 Å². The summed E-state index contributed by atoms with van der Waals surface area (Å²) in [6.07, 6.45) is 0. The lowest BCUT2D eigenvalue weighted by Crippen LogP contribution is -2.51. The lowest BCUT2D eigenvalue weighted by molar-refractivity contribution is -0.147. The van der Waals surface area contributed by atoms with Gasteiger partial charge in [0.1, 0.15) is 5.54 Å². The third-order valence-corrected chi connectivity index (χ3v) is 4.31. The number of amides is 1. The molecular weight excluding hydrogens is 364 g/mol. The van der Waals surface area contributed by atoms with Gasteiger partial charge in [-0.25, -0.2) is 9.48 Å². The van der Waals surface area contributed by atoms with Gasteiger partial charge in [-0.15, -0.1) is 5.10 Å². The molecule has 0 bridgehead atoms. The fraction of sp³-hybridized carbons (Fsp3) is 0.333. The Morgan fingerprint density at radius 2 is 2.00 bits per heavy atom. The van der Waals surface area contributed by atoms with E-state index in [0.29, 0.717) is 5.69 Å². The average Bonchev–Trinajstić information content (AvgIpc) is 2.87. The summed E-state index contributed by atoms with van der Waals surface area (Å²) in [6.45, 7) is 4.64. The molecule has 0 atom stereocenters. The summed E-state index contributed by atoms with van der Waals surface area (Å²) in [5, 5.41) is 17.2. The van der Waals surface area contributed by atoms with Crippen LogP contribution in [0.2, 0.25) is 0 Å². The molecule has 0 aliphatic carbocycles. The van der Waals surface area contributed by atoms with Crippen LogP contribution in [0.5, 0.6) is 0 Å². The molecule has 1 heterocycles. The summed E-state index contributed by atoms with van der Waals surface area (Å²) >= 11 is 3.38. The SMILES string of the molecule is Cc1c(C(=O)N(C)C(C)(C)C(=O)O)nnn1-c1cccc(Br)c1. The molecule has 0 saturated carbocycles. The fourth-order valence-electron chi connectivity index (χ4n) is 1.94. The van der Waals surface area contributed by atoms with Crippen LogP contribution in [0.1, 0.15) is 30.0 Å². The molecule has 1 amide bonds. The molecule has 0 radical (unpaired) electrons. The van der Waals surface area contributed by atoms with E-state index in [4.69, 9.17) is 0 Å². The van der Waals surface area contributed by atoms with Crippen molar-refractivity contribution in [3.8, 4) is 5.69 Å². The molecule has 0 saturated heterocycles.